The number of alkyl carbamates (subject to hydrolysis) is 2. The Morgan fingerprint density at radius 1 is 0.825 bits per heavy atom. The molecule has 0 aliphatic carbocycles. The van der Waals surface area contributed by atoms with Gasteiger partial charge in [-0.25, -0.2) is 19.6 Å². The summed E-state index contributed by atoms with van der Waals surface area (Å²) >= 11 is 8.58. The van der Waals surface area contributed by atoms with Crippen LogP contribution in [0.4, 0.5) is 9.59 Å². The fourth-order valence-electron chi connectivity index (χ4n) is 7.87. The first kappa shape index (κ1) is 39.9. The summed E-state index contributed by atoms with van der Waals surface area (Å²) in [6.07, 6.45) is 7.47. The fraction of sp³-hybridized carbons (Fsp3) is 0.450. The Kier molecular flexibility index (Phi) is 11.6. The minimum absolute atomic E-state index is 0.120. The number of methoxy groups -OCH3 is 2. The van der Waals surface area contributed by atoms with Gasteiger partial charge in [-0.15, -0.1) is 11.3 Å². The molecule has 4 atom stereocenters. The number of thiophene rings is 1. The van der Waals surface area contributed by atoms with Gasteiger partial charge in [0.05, 0.1) is 60.8 Å². The van der Waals surface area contributed by atoms with E-state index in [0.717, 1.165) is 64.1 Å². The topological polar surface area (TPSA) is 180 Å². The lowest BCUT2D eigenvalue weighted by Gasteiger charge is -2.30. The number of benzene rings is 1. The highest BCUT2D eigenvalue weighted by Gasteiger charge is 2.39. The van der Waals surface area contributed by atoms with E-state index in [9.17, 15) is 19.2 Å². The van der Waals surface area contributed by atoms with Crippen molar-refractivity contribution in [2.24, 2.45) is 11.8 Å². The second-order valence-electron chi connectivity index (χ2n) is 15.2. The SMILES string of the molecule is COC(=O)N[C@H](C(=O)N1CCCC1c1ncc(-c2ccc(-n3ccc4c(-c5cnc(C6CCCN6C(=O)[C@@H](NC(=O)OC)C(C)C)[nH]5)csc43)c(Cl)c2)[nH]1)C(C)C. The molecule has 0 spiro atoms. The van der Waals surface area contributed by atoms with Gasteiger partial charge >= 0.3 is 12.2 Å². The molecule has 2 fully saturated rings. The second kappa shape index (κ2) is 16.6. The van der Waals surface area contributed by atoms with Crippen molar-refractivity contribution >= 4 is 57.2 Å². The maximum absolute atomic E-state index is 13.6. The lowest BCUT2D eigenvalue weighted by Crippen LogP contribution is -2.51. The van der Waals surface area contributed by atoms with Crippen molar-refractivity contribution < 1.29 is 28.7 Å². The molecule has 7 rings (SSSR count). The van der Waals surface area contributed by atoms with Gasteiger partial charge in [0.1, 0.15) is 28.6 Å². The van der Waals surface area contributed by atoms with Crippen molar-refractivity contribution in [3.63, 3.8) is 0 Å². The predicted octanol–water partition coefficient (Wildman–Crippen LogP) is 7.21. The molecule has 4 N–H and O–H groups in total. The van der Waals surface area contributed by atoms with Crippen LogP contribution in [-0.4, -0.2) is 97.7 Å². The van der Waals surface area contributed by atoms with Crippen molar-refractivity contribution in [3.8, 4) is 28.2 Å². The van der Waals surface area contributed by atoms with E-state index in [1.807, 2.05) is 58.3 Å². The van der Waals surface area contributed by atoms with Crippen LogP contribution in [0.3, 0.4) is 0 Å². The van der Waals surface area contributed by atoms with Crippen molar-refractivity contribution in [1.82, 2.24) is 44.9 Å². The van der Waals surface area contributed by atoms with E-state index in [-0.39, 0.29) is 35.7 Å². The summed E-state index contributed by atoms with van der Waals surface area (Å²) in [6, 6.07) is 6.03. The highest BCUT2D eigenvalue weighted by Crippen LogP contribution is 2.40. The van der Waals surface area contributed by atoms with Gasteiger partial charge in [0.2, 0.25) is 11.8 Å². The van der Waals surface area contributed by atoms with Crippen LogP contribution in [-0.2, 0) is 19.1 Å². The molecule has 57 heavy (non-hydrogen) atoms. The Hall–Kier alpha value is -5.35. The third-order valence-electron chi connectivity index (χ3n) is 10.9. The molecule has 0 bridgehead atoms. The van der Waals surface area contributed by atoms with Crippen molar-refractivity contribution in [2.75, 3.05) is 27.3 Å². The van der Waals surface area contributed by atoms with E-state index >= 15 is 0 Å². The molecular weight excluding hydrogens is 770 g/mol. The maximum atomic E-state index is 13.6. The first-order chi connectivity index (χ1) is 27.4. The van der Waals surface area contributed by atoms with Crippen LogP contribution in [0.25, 0.3) is 38.4 Å². The number of carbonyl (C=O) groups is 4. The number of fused-ring (bicyclic) bond motifs is 1. The van der Waals surface area contributed by atoms with E-state index in [1.54, 1.807) is 27.3 Å². The molecule has 15 nitrogen and oxygen atoms in total. The molecule has 302 valence electrons. The summed E-state index contributed by atoms with van der Waals surface area (Å²) in [5.41, 5.74) is 4.29. The standard InChI is InChI=1S/C40H48ClN9O6S/c1-21(2)32(46-39(53)55-5)36(51)48-14-7-9-30(48)34-42-18-27(44-34)23-11-12-29(26(41)17-23)50-16-13-24-25(20-57-38(24)50)28-19-43-35(45-28)31-10-8-15-49(31)37(52)33(22(3)4)47-40(54)56-6/h11-13,16-22,30-33H,7-10,14-15H2,1-6H3,(H,42,44)(H,43,45)(H,46,53)(H,47,54)/t30?,31?,32-,33-/m0/s1. The molecule has 4 aromatic heterocycles. The number of nitrogens with zero attached hydrogens (tertiary/aromatic N) is 5. The van der Waals surface area contributed by atoms with Crippen molar-refractivity contribution in [1.29, 1.82) is 0 Å². The normalized spacial score (nSPS) is 18.1. The summed E-state index contributed by atoms with van der Waals surface area (Å²) in [7, 11) is 2.57. The predicted molar refractivity (Wildman–Crippen MR) is 217 cm³/mol. The summed E-state index contributed by atoms with van der Waals surface area (Å²) in [5.74, 6) is 0.828. The number of amides is 4. The highest BCUT2D eigenvalue weighted by molar-refractivity contribution is 7.17. The van der Waals surface area contributed by atoms with Gasteiger partial charge in [0, 0.05) is 41.2 Å². The van der Waals surface area contributed by atoms with Crippen LogP contribution in [0.5, 0.6) is 0 Å². The Labute approximate surface area is 339 Å². The summed E-state index contributed by atoms with van der Waals surface area (Å²) < 4.78 is 11.6. The maximum Gasteiger partial charge on any atom is 0.407 e. The number of ether oxygens (including phenoxy) is 2. The number of H-pyrrole nitrogens is 2. The lowest BCUT2D eigenvalue weighted by atomic mass is 10.0. The Balaban J connectivity index is 1.07. The Bertz CT molecular complexity index is 2280. The van der Waals surface area contributed by atoms with Crippen LogP contribution in [0.2, 0.25) is 5.02 Å². The first-order valence-corrected chi connectivity index (χ1v) is 20.4. The molecule has 2 saturated heterocycles. The number of aromatic amines is 2. The number of aromatic nitrogens is 5. The zero-order valence-electron chi connectivity index (χ0n) is 32.8. The molecule has 5 aromatic rings. The van der Waals surface area contributed by atoms with Gasteiger partial charge in [0.25, 0.3) is 0 Å². The Morgan fingerprint density at radius 2 is 1.37 bits per heavy atom. The molecule has 4 amide bonds. The molecule has 0 radical (unpaired) electrons. The van der Waals surface area contributed by atoms with Gasteiger partial charge in [-0.05, 0) is 55.7 Å². The van der Waals surface area contributed by atoms with Gasteiger partial charge in [-0.3, -0.25) is 9.59 Å². The number of hydrogen-bond acceptors (Lipinski definition) is 9. The molecule has 2 unspecified atom stereocenters. The molecule has 2 aliphatic rings. The number of nitrogens with one attached hydrogen (secondary N) is 4. The number of imidazole rings is 2. The summed E-state index contributed by atoms with van der Waals surface area (Å²) in [4.78, 5) is 72.1. The summed E-state index contributed by atoms with van der Waals surface area (Å²) in [6.45, 7) is 8.72. The van der Waals surface area contributed by atoms with Crippen molar-refractivity contribution in [3.05, 3.63) is 64.9 Å². The highest BCUT2D eigenvalue weighted by atomic mass is 35.5. The molecular formula is C40H48ClN9O6S. The third kappa shape index (κ3) is 7.84. The average Bonchev–Trinajstić information content (AvgIpc) is 4.04. The number of likely N-dealkylation sites (tertiary alicyclic amines) is 2. The largest absolute Gasteiger partial charge is 0.453 e. The number of carbonyl (C=O) groups excluding carboxylic acids is 4. The monoisotopic (exact) mass is 817 g/mol. The fourth-order valence-corrected chi connectivity index (χ4v) is 9.20. The smallest absolute Gasteiger partial charge is 0.407 e. The molecule has 1 aromatic carbocycles. The molecule has 2 aliphatic heterocycles. The minimum atomic E-state index is -0.711. The van der Waals surface area contributed by atoms with Crippen LogP contribution in [0, 0.1) is 11.8 Å². The van der Waals surface area contributed by atoms with Crippen LogP contribution in [0.15, 0.2) is 48.2 Å². The van der Waals surface area contributed by atoms with Crippen LogP contribution >= 0.6 is 22.9 Å². The lowest BCUT2D eigenvalue weighted by molar-refractivity contribution is -0.136. The van der Waals surface area contributed by atoms with E-state index in [2.05, 4.69) is 41.6 Å². The third-order valence-corrected chi connectivity index (χ3v) is 12.2. The van der Waals surface area contributed by atoms with Crippen molar-refractivity contribution in [2.45, 2.75) is 77.5 Å². The molecule has 0 saturated carbocycles. The van der Waals surface area contributed by atoms with Gasteiger partial charge < -0.3 is 44.4 Å². The van der Waals surface area contributed by atoms with E-state index in [1.165, 1.54) is 14.2 Å². The van der Waals surface area contributed by atoms with E-state index < -0.39 is 24.3 Å². The number of halogens is 1. The zero-order valence-corrected chi connectivity index (χ0v) is 34.4. The quantitative estimate of drug-likeness (QED) is 0.108. The molecule has 17 heteroatoms. The molecule has 6 heterocycles. The average molecular weight is 818 g/mol. The second-order valence-corrected chi connectivity index (χ2v) is 16.4. The van der Waals surface area contributed by atoms with Gasteiger partial charge in [0.15, 0.2) is 0 Å². The van der Waals surface area contributed by atoms with Crippen LogP contribution in [0.1, 0.15) is 77.1 Å². The van der Waals surface area contributed by atoms with Gasteiger partial charge in [-0.2, -0.15) is 0 Å². The summed E-state index contributed by atoms with van der Waals surface area (Å²) in [5, 5.41) is 9.07. The Morgan fingerprint density at radius 3 is 1.89 bits per heavy atom. The van der Waals surface area contributed by atoms with Crippen LogP contribution < -0.4 is 10.6 Å². The van der Waals surface area contributed by atoms with E-state index in [0.29, 0.717) is 29.8 Å². The minimum Gasteiger partial charge on any atom is -0.453 e. The number of rotatable bonds is 11. The van der Waals surface area contributed by atoms with E-state index in [4.69, 9.17) is 26.1 Å². The number of hydrogen-bond donors (Lipinski definition) is 4. The first-order valence-electron chi connectivity index (χ1n) is 19.2. The van der Waals surface area contributed by atoms with Gasteiger partial charge in [-0.1, -0.05) is 45.4 Å². The zero-order chi connectivity index (χ0) is 40.5.